The quantitative estimate of drug-likeness (QED) is 0.915. The van der Waals surface area contributed by atoms with Gasteiger partial charge in [-0.05, 0) is 17.9 Å². The zero-order valence-corrected chi connectivity index (χ0v) is 13.4. The Morgan fingerprint density at radius 1 is 1.27 bits per heavy atom. The van der Waals surface area contributed by atoms with Gasteiger partial charge in [-0.2, -0.15) is 5.10 Å². The van der Waals surface area contributed by atoms with Crippen LogP contribution in [0.4, 0.5) is 10.6 Å². The number of urea groups is 1. The topological polar surface area (TPSA) is 59.0 Å². The standard InChI is InChI=1S/C17H22N4O/c1-11-10-21(4)20-15(11)19-16(22)18-14-13(17(14,2)3)12-8-6-5-7-9-12/h5-10,13-14H,1-4H3,(H2,18,19,20,22)/t13-,14-/m1/s1. The van der Waals surface area contributed by atoms with E-state index in [-0.39, 0.29) is 17.5 Å². The molecule has 3 rings (SSSR count). The van der Waals surface area contributed by atoms with Crippen LogP contribution in [0.3, 0.4) is 0 Å². The largest absolute Gasteiger partial charge is 0.334 e. The van der Waals surface area contributed by atoms with Crippen molar-refractivity contribution < 1.29 is 4.79 Å². The van der Waals surface area contributed by atoms with Gasteiger partial charge in [0.15, 0.2) is 5.82 Å². The highest BCUT2D eigenvalue weighted by atomic mass is 16.2. The molecular formula is C17H22N4O. The number of aromatic nitrogens is 2. The third kappa shape index (κ3) is 2.58. The highest BCUT2D eigenvalue weighted by molar-refractivity contribution is 5.89. The Hall–Kier alpha value is -2.30. The smallest absolute Gasteiger partial charge is 0.320 e. The zero-order chi connectivity index (χ0) is 15.9. The van der Waals surface area contributed by atoms with Gasteiger partial charge in [0.25, 0.3) is 0 Å². The van der Waals surface area contributed by atoms with E-state index in [2.05, 4.69) is 41.7 Å². The number of rotatable bonds is 3. The van der Waals surface area contributed by atoms with Crippen molar-refractivity contribution in [1.82, 2.24) is 15.1 Å². The number of amides is 2. The van der Waals surface area contributed by atoms with Gasteiger partial charge in [-0.1, -0.05) is 44.2 Å². The summed E-state index contributed by atoms with van der Waals surface area (Å²) < 4.78 is 1.69. The normalized spacial score (nSPS) is 22.2. The van der Waals surface area contributed by atoms with Gasteiger partial charge in [-0.15, -0.1) is 0 Å². The van der Waals surface area contributed by atoms with E-state index < -0.39 is 0 Å². The summed E-state index contributed by atoms with van der Waals surface area (Å²) in [6.07, 6.45) is 1.88. The Labute approximate surface area is 130 Å². The molecule has 0 saturated heterocycles. The van der Waals surface area contributed by atoms with Crippen LogP contribution in [0.5, 0.6) is 0 Å². The van der Waals surface area contributed by atoms with E-state index in [0.29, 0.717) is 11.7 Å². The predicted octanol–water partition coefficient (Wildman–Crippen LogP) is 3.04. The molecule has 5 nitrogen and oxygen atoms in total. The number of nitrogens with one attached hydrogen (secondary N) is 2. The third-order valence-corrected chi connectivity index (χ3v) is 4.52. The van der Waals surface area contributed by atoms with E-state index in [1.54, 1.807) is 4.68 Å². The molecule has 2 atom stereocenters. The van der Waals surface area contributed by atoms with Gasteiger partial charge in [-0.25, -0.2) is 4.79 Å². The second-order valence-electron chi connectivity index (χ2n) is 6.62. The van der Waals surface area contributed by atoms with E-state index in [9.17, 15) is 4.79 Å². The minimum atomic E-state index is -0.196. The van der Waals surface area contributed by atoms with Crippen LogP contribution in [-0.4, -0.2) is 21.9 Å². The summed E-state index contributed by atoms with van der Waals surface area (Å²) in [5, 5.41) is 10.1. The first-order valence-electron chi connectivity index (χ1n) is 7.52. The van der Waals surface area contributed by atoms with E-state index >= 15 is 0 Å². The van der Waals surface area contributed by atoms with Gasteiger partial charge in [0.2, 0.25) is 0 Å². The van der Waals surface area contributed by atoms with Crippen molar-refractivity contribution in [3.05, 3.63) is 47.7 Å². The van der Waals surface area contributed by atoms with Crippen molar-refractivity contribution in [3.8, 4) is 0 Å². The molecule has 1 aliphatic carbocycles. The van der Waals surface area contributed by atoms with Crippen LogP contribution in [0.15, 0.2) is 36.5 Å². The Morgan fingerprint density at radius 3 is 2.55 bits per heavy atom. The van der Waals surface area contributed by atoms with Gasteiger partial charge in [0, 0.05) is 30.8 Å². The SMILES string of the molecule is Cc1cn(C)nc1NC(=O)N[C@@H]1[C@@H](c2ccccc2)C1(C)C. The van der Waals surface area contributed by atoms with Crippen LogP contribution in [0.25, 0.3) is 0 Å². The number of carbonyl (C=O) groups is 1. The number of anilines is 1. The molecular weight excluding hydrogens is 276 g/mol. The maximum Gasteiger partial charge on any atom is 0.320 e. The Bertz CT molecular complexity index is 690. The first-order valence-corrected chi connectivity index (χ1v) is 7.52. The third-order valence-electron chi connectivity index (χ3n) is 4.52. The molecule has 2 aromatic rings. The summed E-state index contributed by atoms with van der Waals surface area (Å²) in [6.45, 7) is 6.29. The fourth-order valence-electron chi connectivity index (χ4n) is 3.20. The number of nitrogens with zero attached hydrogens (tertiary/aromatic N) is 2. The van der Waals surface area contributed by atoms with Crippen molar-refractivity contribution >= 4 is 11.8 Å². The van der Waals surface area contributed by atoms with Gasteiger partial charge in [0.05, 0.1) is 0 Å². The van der Waals surface area contributed by atoms with E-state index in [1.807, 2.05) is 38.4 Å². The maximum absolute atomic E-state index is 12.2. The van der Waals surface area contributed by atoms with Crippen molar-refractivity contribution in [1.29, 1.82) is 0 Å². The molecule has 1 aromatic heterocycles. The molecule has 0 unspecified atom stereocenters. The number of hydrogen-bond donors (Lipinski definition) is 2. The van der Waals surface area contributed by atoms with Crippen LogP contribution >= 0.6 is 0 Å². The summed E-state index contributed by atoms with van der Waals surface area (Å²) in [4.78, 5) is 12.2. The Morgan fingerprint density at radius 2 is 1.95 bits per heavy atom. The van der Waals surface area contributed by atoms with Crippen molar-refractivity contribution in [2.24, 2.45) is 12.5 Å². The lowest BCUT2D eigenvalue weighted by atomic mass is 10.0. The first kappa shape index (κ1) is 14.6. The van der Waals surface area contributed by atoms with Crippen LogP contribution in [-0.2, 0) is 7.05 Å². The molecule has 1 aromatic carbocycles. The van der Waals surface area contributed by atoms with Gasteiger partial charge in [-0.3, -0.25) is 10.00 Å². The van der Waals surface area contributed by atoms with Crippen molar-refractivity contribution in [2.45, 2.75) is 32.7 Å². The fraction of sp³-hybridized carbons (Fsp3) is 0.412. The molecule has 2 amide bonds. The first-order chi connectivity index (χ1) is 10.4. The summed E-state index contributed by atoms with van der Waals surface area (Å²) in [5.41, 5.74) is 2.29. The highest BCUT2D eigenvalue weighted by Gasteiger charge is 2.59. The van der Waals surface area contributed by atoms with Gasteiger partial charge in [0.1, 0.15) is 0 Å². The lowest BCUT2D eigenvalue weighted by molar-refractivity contribution is 0.250. The van der Waals surface area contributed by atoms with Gasteiger partial charge < -0.3 is 5.32 Å². The monoisotopic (exact) mass is 298 g/mol. The molecule has 1 saturated carbocycles. The molecule has 0 spiro atoms. The maximum atomic E-state index is 12.2. The lowest BCUT2D eigenvalue weighted by Gasteiger charge is -2.07. The number of aryl methyl sites for hydroxylation is 2. The molecule has 0 aliphatic heterocycles. The van der Waals surface area contributed by atoms with Crippen LogP contribution in [0.2, 0.25) is 0 Å². The van der Waals surface area contributed by atoms with Crippen molar-refractivity contribution in [3.63, 3.8) is 0 Å². The van der Waals surface area contributed by atoms with Crippen LogP contribution in [0, 0.1) is 12.3 Å². The molecule has 1 heterocycles. The van der Waals surface area contributed by atoms with E-state index in [1.165, 1.54) is 5.56 Å². The average Bonchev–Trinajstić information content (AvgIpc) is 2.82. The molecule has 1 aliphatic rings. The number of hydrogen-bond acceptors (Lipinski definition) is 2. The minimum Gasteiger partial charge on any atom is -0.334 e. The number of benzene rings is 1. The predicted molar refractivity (Wildman–Crippen MR) is 86.9 cm³/mol. The Balaban J connectivity index is 1.66. The molecule has 5 heteroatoms. The molecule has 22 heavy (non-hydrogen) atoms. The summed E-state index contributed by atoms with van der Waals surface area (Å²) in [7, 11) is 1.84. The average molecular weight is 298 g/mol. The molecule has 116 valence electrons. The zero-order valence-electron chi connectivity index (χ0n) is 13.4. The fourth-order valence-corrected chi connectivity index (χ4v) is 3.20. The minimum absolute atomic E-state index is 0.0673. The van der Waals surface area contributed by atoms with Crippen LogP contribution in [0.1, 0.15) is 30.9 Å². The summed E-state index contributed by atoms with van der Waals surface area (Å²) >= 11 is 0. The summed E-state index contributed by atoms with van der Waals surface area (Å²) in [5.74, 6) is 0.957. The van der Waals surface area contributed by atoms with E-state index in [0.717, 1.165) is 5.56 Å². The van der Waals surface area contributed by atoms with Crippen LogP contribution < -0.4 is 10.6 Å². The molecule has 0 bridgehead atoms. The van der Waals surface area contributed by atoms with Crippen molar-refractivity contribution in [2.75, 3.05) is 5.32 Å². The molecule has 1 fully saturated rings. The summed E-state index contributed by atoms with van der Waals surface area (Å²) in [6, 6.07) is 10.3. The molecule has 2 N–H and O–H groups in total. The second kappa shape index (κ2) is 5.16. The lowest BCUT2D eigenvalue weighted by Crippen LogP contribution is -2.33. The second-order valence-corrected chi connectivity index (χ2v) is 6.62. The Kier molecular flexibility index (Phi) is 3.43. The van der Waals surface area contributed by atoms with Gasteiger partial charge >= 0.3 is 6.03 Å². The highest BCUT2D eigenvalue weighted by Crippen LogP contribution is 2.58. The van der Waals surface area contributed by atoms with E-state index in [4.69, 9.17) is 0 Å². The number of carbonyl (C=O) groups excluding carboxylic acids is 1. The molecule has 0 radical (unpaired) electrons.